The van der Waals surface area contributed by atoms with Crippen molar-refractivity contribution in [2.75, 3.05) is 17.7 Å². The van der Waals surface area contributed by atoms with E-state index >= 15 is 0 Å². The smallest absolute Gasteiger partial charge is 0.311 e. The molecule has 0 aliphatic carbocycles. The van der Waals surface area contributed by atoms with Gasteiger partial charge in [0.2, 0.25) is 11.1 Å². The van der Waals surface area contributed by atoms with Crippen LogP contribution in [-0.2, 0) is 20.7 Å². The van der Waals surface area contributed by atoms with E-state index in [-0.39, 0.29) is 24.1 Å². The van der Waals surface area contributed by atoms with E-state index in [4.69, 9.17) is 4.74 Å². The fourth-order valence-corrected chi connectivity index (χ4v) is 3.56. The first-order valence-electron chi connectivity index (χ1n) is 8.80. The highest BCUT2D eigenvalue weighted by molar-refractivity contribution is 7.99. The summed E-state index contributed by atoms with van der Waals surface area (Å²) in [5, 5.41) is 12.3. The number of benzene rings is 1. The van der Waals surface area contributed by atoms with Crippen LogP contribution < -0.4 is 5.32 Å². The Morgan fingerprint density at radius 3 is 2.86 bits per heavy atom. The molecule has 1 aromatic carbocycles. The summed E-state index contributed by atoms with van der Waals surface area (Å²) in [4.78, 5) is 32.1. The van der Waals surface area contributed by atoms with Crippen LogP contribution in [0.2, 0.25) is 0 Å². The monoisotopic (exact) mass is 429 g/mol. The molecule has 0 radical (unpaired) electrons. The second-order valence-electron chi connectivity index (χ2n) is 5.71. The number of ether oxygens (including phenoxy) is 1. The van der Waals surface area contributed by atoms with Crippen molar-refractivity contribution in [3.63, 3.8) is 0 Å². The summed E-state index contributed by atoms with van der Waals surface area (Å²) >= 11 is 2.48. The SMILES string of the molecule is CCOC(=O)Cc1csc(NC(=O)CSc2n[nH]c(/C=C/c3ccccc3)n2)n1. The maximum atomic E-state index is 12.1. The van der Waals surface area contributed by atoms with Gasteiger partial charge in [-0.3, -0.25) is 14.7 Å². The average Bonchev–Trinajstić information content (AvgIpc) is 3.35. The molecule has 3 aromatic rings. The molecule has 2 heterocycles. The Hall–Kier alpha value is -2.98. The zero-order valence-electron chi connectivity index (χ0n) is 15.6. The largest absolute Gasteiger partial charge is 0.466 e. The van der Waals surface area contributed by atoms with Crippen LogP contribution in [0.3, 0.4) is 0 Å². The summed E-state index contributed by atoms with van der Waals surface area (Å²) in [7, 11) is 0. The van der Waals surface area contributed by atoms with Gasteiger partial charge in [0.05, 0.1) is 24.5 Å². The third kappa shape index (κ3) is 6.84. The van der Waals surface area contributed by atoms with Gasteiger partial charge in [0.25, 0.3) is 0 Å². The minimum atomic E-state index is -0.340. The standard InChI is InChI=1S/C19H19N5O3S2/c1-2-27-17(26)10-14-11-28-18(20-14)22-16(25)12-29-19-21-15(23-24-19)9-8-13-6-4-3-5-7-13/h3-9,11H,2,10,12H2,1H3,(H,20,22,25)(H,21,23,24)/b9-8+. The molecule has 0 atom stereocenters. The number of hydrogen-bond donors (Lipinski definition) is 2. The Bertz CT molecular complexity index is 985. The van der Waals surface area contributed by atoms with Crippen molar-refractivity contribution >= 4 is 52.3 Å². The van der Waals surface area contributed by atoms with Gasteiger partial charge in [-0.1, -0.05) is 48.2 Å². The number of nitrogens with one attached hydrogen (secondary N) is 2. The van der Waals surface area contributed by atoms with Crippen LogP contribution in [0.4, 0.5) is 5.13 Å². The number of carbonyl (C=O) groups excluding carboxylic acids is 2. The predicted octanol–water partition coefficient (Wildman–Crippen LogP) is 3.27. The predicted molar refractivity (Wildman–Crippen MR) is 114 cm³/mol. The first-order chi connectivity index (χ1) is 14.1. The number of H-pyrrole nitrogens is 1. The molecule has 29 heavy (non-hydrogen) atoms. The number of anilines is 1. The van der Waals surface area contributed by atoms with Gasteiger partial charge >= 0.3 is 5.97 Å². The zero-order valence-corrected chi connectivity index (χ0v) is 17.3. The molecule has 2 aromatic heterocycles. The van der Waals surface area contributed by atoms with E-state index in [0.717, 1.165) is 5.56 Å². The maximum Gasteiger partial charge on any atom is 0.311 e. The number of thioether (sulfide) groups is 1. The fraction of sp³-hybridized carbons (Fsp3) is 0.211. The van der Waals surface area contributed by atoms with Crippen molar-refractivity contribution in [3.05, 3.63) is 52.8 Å². The Morgan fingerprint density at radius 2 is 2.07 bits per heavy atom. The number of esters is 1. The third-order valence-electron chi connectivity index (χ3n) is 3.48. The van der Waals surface area contributed by atoms with Crippen LogP contribution in [0, 0.1) is 0 Å². The number of nitrogens with zero attached hydrogens (tertiary/aromatic N) is 3. The molecule has 0 fully saturated rings. The fourth-order valence-electron chi connectivity index (χ4n) is 2.23. The summed E-state index contributed by atoms with van der Waals surface area (Å²) in [6.45, 7) is 2.08. The lowest BCUT2D eigenvalue weighted by Gasteiger charge is -2.00. The normalized spacial score (nSPS) is 10.9. The van der Waals surface area contributed by atoms with E-state index in [1.54, 1.807) is 12.3 Å². The zero-order chi connectivity index (χ0) is 20.5. The molecular weight excluding hydrogens is 410 g/mol. The summed E-state index contributed by atoms with van der Waals surface area (Å²) < 4.78 is 4.88. The van der Waals surface area contributed by atoms with Crippen LogP contribution >= 0.6 is 23.1 Å². The molecule has 2 N–H and O–H groups in total. The molecule has 0 bridgehead atoms. The van der Waals surface area contributed by atoms with Gasteiger partial charge in [0.1, 0.15) is 5.82 Å². The van der Waals surface area contributed by atoms with Crippen LogP contribution in [0.25, 0.3) is 12.2 Å². The average molecular weight is 430 g/mol. The maximum absolute atomic E-state index is 12.1. The lowest BCUT2D eigenvalue weighted by atomic mass is 10.2. The first-order valence-corrected chi connectivity index (χ1v) is 10.7. The Kier molecular flexibility index (Phi) is 7.54. The Labute approximate surface area is 175 Å². The van der Waals surface area contributed by atoms with Crippen LogP contribution in [0.1, 0.15) is 24.0 Å². The molecule has 0 unspecified atom stereocenters. The van der Waals surface area contributed by atoms with Crippen LogP contribution in [-0.4, -0.2) is 44.4 Å². The number of carbonyl (C=O) groups is 2. The highest BCUT2D eigenvalue weighted by atomic mass is 32.2. The molecule has 0 saturated carbocycles. The number of thiazole rings is 1. The van der Waals surface area contributed by atoms with Gasteiger partial charge in [0, 0.05) is 5.38 Å². The van der Waals surface area contributed by atoms with E-state index in [9.17, 15) is 9.59 Å². The summed E-state index contributed by atoms with van der Waals surface area (Å²) in [5.74, 6) is 0.193. The van der Waals surface area contributed by atoms with Crippen LogP contribution in [0.15, 0.2) is 40.9 Å². The number of aromatic nitrogens is 4. The van der Waals surface area contributed by atoms with Crippen LogP contribution in [0.5, 0.6) is 0 Å². The number of rotatable bonds is 9. The number of hydrogen-bond acceptors (Lipinski definition) is 8. The van der Waals surface area contributed by atoms with Gasteiger partial charge in [-0.25, -0.2) is 9.97 Å². The van der Waals surface area contributed by atoms with Gasteiger partial charge in [-0.05, 0) is 18.6 Å². The van der Waals surface area contributed by atoms with E-state index in [0.29, 0.717) is 28.4 Å². The molecule has 3 rings (SSSR count). The molecule has 1 amide bonds. The van der Waals surface area contributed by atoms with E-state index in [2.05, 4.69) is 25.5 Å². The molecule has 0 spiro atoms. The number of aromatic amines is 1. The quantitative estimate of drug-likeness (QED) is 0.397. The van der Waals surface area contributed by atoms with Crippen molar-refractivity contribution in [2.24, 2.45) is 0 Å². The van der Waals surface area contributed by atoms with E-state index in [1.165, 1.54) is 23.1 Å². The summed E-state index contributed by atoms with van der Waals surface area (Å²) in [5.41, 5.74) is 1.63. The summed E-state index contributed by atoms with van der Waals surface area (Å²) in [6, 6.07) is 9.86. The second-order valence-corrected chi connectivity index (χ2v) is 7.51. The van der Waals surface area contributed by atoms with Crippen molar-refractivity contribution in [3.8, 4) is 0 Å². The molecule has 0 saturated heterocycles. The molecule has 0 aliphatic heterocycles. The Balaban J connectivity index is 1.45. The molecular formula is C19H19N5O3S2. The minimum absolute atomic E-state index is 0.0887. The highest BCUT2D eigenvalue weighted by Crippen LogP contribution is 2.18. The van der Waals surface area contributed by atoms with E-state index in [1.807, 2.05) is 42.5 Å². The molecule has 8 nitrogen and oxygen atoms in total. The first kappa shape index (κ1) is 20.7. The van der Waals surface area contributed by atoms with Crippen molar-refractivity contribution in [1.82, 2.24) is 20.2 Å². The van der Waals surface area contributed by atoms with Crippen molar-refractivity contribution in [1.29, 1.82) is 0 Å². The molecule has 150 valence electrons. The van der Waals surface area contributed by atoms with Crippen molar-refractivity contribution < 1.29 is 14.3 Å². The lowest BCUT2D eigenvalue weighted by molar-refractivity contribution is -0.142. The minimum Gasteiger partial charge on any atom is -0.466 e. The molecule has 10 heteroatoms. The van der Waals surface area contributed by atoms with E-state index < -0.39 is 0 Å². The second kappa shape index (κ2) is 10.5. The number of amides is 1. The highest BCUT2D eigenvalue weighted by Gasteiger charge is 2.12. The van der Waals surface area contributed by atoms with Gasteiger partial charge in [0.15, 0.2) is 5.13 Å². The Morgan fingerprint density at radius 1 is 1.24 bits per heavy atom. The topological polar surface area (TPSA) is 110 Å². The van der Waals surface area contributed by atoms with Crippen molar-refractivity contribution in [2.45, 2.75) is 18.5 Å². The molecule has 0 aliphatic rings. The lowest BCUT2D eigenvalue weighted by Crippen LogP contribution is -2.14. The van der Waals surface area contributed by atoms with Gasteiger partial charge < -0.3 is 10.1 Å². The van der Waals surface area contributed by atoms with Gasteiger partial charge in [-0.15, -0.1) is 16.4 Å². The summed E-state index contributed by atoms with van der Waals surface area (Å²) in [6.07, 6.45) is 3.84. The third-order valence-corrected chi connectivity index (χ3v) is 5.13. The van der Waals surface area contributed by atoms with Gasteiger partial charge in [-0.2, -0.15) is 0 Å².